The maximum Gasteiger partial charge on any atom is 0.0601 e. The molecule has 0 aromatic rings. The van der Waals surface area contributed by atoms with Crippen LogP contribution in [0.25, 0.3) is 0 Å². The van der Waals surface area contributed by atoms with Crippen molar-refractivity contribution in [2.24, 2.45) is 0 Å². The molecule has 1 saturated carbocycles. The first-order valence-electron chi connectivity index (χ1n) is 6.26. The lowest BCUT2D eigenvalue weighted by Gasteiger charge is -2.42. The molecule has 1 saturated heterocycles. The van der Waals surface area contributed by atoms with Gasteiger partial charge < -0.3 is 15.0 Å². The van der Waals surface area contributed by atoms with Crippen LogP contribution >= 0.6 is 0 Å². The fraction of sp³-hybridized carbons (Fsp3) is 1.00. The van der Waals surface area contributed by atoms with Gasteiger partial charge in [-0.25, -0.2) is 0 Å². The summed E-state index contributed by atoms with van der Waals surface area (Å²) in [6.45, 7) is 2.42. The highest BCUT2D eigenvalue weighted by Gasteiger charge is 2.32. The van der Waals surface area contributed by atoms with Gasteiger partial charge in [-0.3, -0.25) is 0 Å². The van der Waals surface area contributed by atoms with Gasteiger partial charge in [-0.15, -0.1) is 0 Å². The van der Waals surface area contributed by atoms with E-state index in [2.05, 4.69) is 17.3 Å². The molecule has 0 bridgehead atoms. The van der Waals surface area contributed by atoms with Crippen molar-refractivity contribution in [2.75, 3.05) is 27.2 Å². The van der Waals surface area contributed by atoms with Crippen molar-refractivity contribution >= 4 is 0 Å². The van der Waals surface area contributed by atoms with E-state index in [0.29, 0.717) is 6.10 Å². The van der Waals surface area contributed by atoms with Crippen LogP contribution in [-0.4, -0.2) is 50.3 Å². The van der Waals surface area contributed by atoms with Crippen molar-refractivity contribution in [1.29, 1.82) is 0 Å². The first kappa shape index (κ1) is 11.4. The standard InChI is InChI=1S/C12H24N2O/c1-14(11-7-12(8-11)15-2)9-10-5-3-4-6-13-10/h10-13H,3-9H2,1-2H3. The smallest absolute Gasteiger partial charge is 0.0601 e. The predicted octanol–water partition coefficient (Wildman–Crippen LogP) is 1.24. The van der Waals surface area contributed by atoms with Gasteiger partial charge in [0, 0.05) is 25.7 Å². The second-order valence-electron chi connectivity index (χ2n) is 5.07. The van der Waals surface area contributed by atoms with E-state index in [1.165, 1.54) is 45.2 Å². The Hall–Kier alpha value is -0.120. The zero-order valence-electron chi connectivity index (χ0n) is 10.0. The van der Waals surface area contributed by atoms with Crippen LogP contribution in [0.4, 0.5) is 0 Å². The van der Waals surface area contributed by atoms with Crippen molar-refractivity contribution in [3.63, 3.8) is 0 Å². The highest BCUT2D eigenvalue weighted by Crippen LogP contribution is 2.27. The van der Waals surface area contributed by atoms with Gasteiger partial charge in [0.2, 0.25) is 0 Å². The largest absolute Gasteiger partial charge is 0.381 e. The zero-order chi connectivity index (χ0) is 10.7. The van der Waals surface area contributed by atoms with Crippen LogP contribution in [0.5, 0.6) is 0 Å². The number of likely N-dealkylation sites (N-methyl/N-ethyl adjacent to an activating group) is 1. The van der Waals surface area contributed by atoms with Crippen LogP contribution in [0.15, 0.2) is 0 Å². The molecule has 0 spiro atoms. The predicted molar refractivity (Wildman–Crippen MR) is 62.1 cm³/mol. The SMILES string of the molecule is COC1CC(N(C)CC2CCCCN2)C1. The summed E-state index contributed by atoms with van der Waals surface area (Å²) in [5.74, 6) is 0. The molecule has 3 heteroatoms. The number of methoxy groups -OCH3 is 1. The molecule has 0 aromatic carbocycles. The third kappa shape index (κ3) is 2.92. The molecule has 0 aromatic heterocycles. The lowest BCUT2D eigenvalue weighted by molar-refractivity contribution is -0.0220. The summed E-state index contributed by atoms with van der Waals surface area (Å²) < 4.78 is 5.31. The van der Waals surface area contributed by atoms with E-state index >= 15 is 0 Å². The van der Waals surface area contributed by atoms with Crippen LogP contribution < -0.4 is 5.32 Å². The maximum absolute atomic E-state index is 5.31. The van der Waals surface area contributed by atoms with Crippen molar-refractivity contribution < 1.29 is 4.74 Å². The molecule has 1 aliphatic carbocycles. The molecule has 2 fully saturated rings. The number of nitrogens with zero attached hydrogens (tertiary/aromatic N) is 1. The summed E-state index contributed by atoms with van der Waals surface area (Å²) in [4.78, 5) is 2.51. The molecular weight excluding hydrogens is 188 g/mol. The lowest BCUT2D eigenvalue weighted by atomic mass is 9.87. The molecule has 0 radical (unpaired) electrons. The Kier molecular flexibility index (Phi) is 4.00. The Labute approximate surface area is 93.2 Å². The zero-order valence-corrected chi connectivity index (χ0v) is 10.0. The van der Waals surface area contributed by atoms with Crippen LogP contribution in [0.3, 0.4) is 0 Å². The van der Waals surface area contributed by atoms with Crippen LogP contribution in [0.2, 0.25) is 0 Å². The van der Waals surface area contributed by atoms with Gasteiger partial charge in [0.25, 0.3) is 0 Å². The lowest BCUT2D eigenvalue weighted by Crippen LogP contribution is -2.51. The molecule has 3 nitrogen and oxygen atoms in total. The molecule has 1 aliphatic heterocycles. The van der Waals surface area contributed by atoms with Crippen molar-refractivity contribution in [3.8, 4) is 0 Å². The minimum Gasteiger partial charge on any atom is -0.381 e. The Bertz CT molecular complexity index is 186. The van der Waals surface area contributed by atoms with E-state index in [0.717, 1.165) is 12.1 Å². The minimum absolute atomic E-state index is 0.525. The topological polar surface area (TPSA) is 24.5 Å². The van der Waals surface area contributed by atoms with Gasteiger partial charge in [-0.2, -0.15) is 0 Å². The summed E-state index contributed by atoms with van der Waals surface area (Å²) in [6, 6.07) is 1.49. The molecule has 2 aliphatic rings. The summed E-state index contributed by atoms with van der Waals surface area (Å²) in [5, 5.41) is 3.61. The van der Waals surface area contributed by atoms with Gasteiger partial charge in [0.05, 0.1) is 6.10 Å². The number of ether oxygens (including phenoxy) is 1. The Morgan fingerprint density at radius 3 is 2.73 bits per heavy atom. The van der Waals surface area contributed by atoms with Crippen molar-refractivity contribution in [3.05, 3.63) is 0 Å². The third-order valence-corrected chi connectivity index (χ3v) is 3.95. The minimum atomic E-state index is 0.525. The van der Waals surface area contributed by atoms with Gasteiger partial charge >= 0.3 is 0 Å². The van der Waals surface area contributed by atoms with Gasteiger partial charge in [0.1, 0.15) is 0 Å². The monoisotopic (exact) mass is 212 g/mol. The average Bonchev–Trinajstić information content (AvgIpc) is 2.17. The van der Waals surface area contributed by atoms with Gasteiger partial charge in [0.15, 0.2) is 0 Å². The molecule has 1 unspecified atom stereocenters. The molecule has 88 valence electrons. The van der Waals surface area contributed by atoms with E-state index < -0.39 is 0 Å². The third-order valence-electron chi connectivity index (χ3n) is 3.95. The van der Waals surface area contributed by atoms with E-state index in [-0.39, 0.29) is 0 Å². The first-order chi connectivity index (χ1) is 7.29. The Morgan fingerprint density at radius 1 is 1.33 bits per heavy atom. The fourth-order valence-electron chi connectivity index (χ4n) is 2.67. The van der Waals surface area contributed by atoms with E-state index in [9.17, 15) is 0 Å². The second-order valence-corrected chi connectivity index (χ2v) is 5.07. The molecule has 15 heavy (non-hydrogen) atoms. The average molecular weight is 212 g/mol. The Balaban J connectivity index is 1.66. The van der Waals surface area contributed by atoms with Crippen LogP contribution in [-0.2, 0) is 4.74 Å². The molecule has 2 rings (SSSR count). The van der Waals surface area contributed by atoms with Crippen LogP contribution in [0.1, 0.15) is 32.1 Å². The fourth-order valence-corrected chi connectivity index (χ4v) is 2.67. The van der Waals surface area contributed by atoms with Crippen molar-refractivity contribution in [2.45, 2.75) is 50.3 Å². The molecule has 1 atom stereocenters. The molecule has 0 amide bonds. The second kappa shape index (κ2) is 5.28. The highest BCUT2D eigenvalue weighted by atomic mass is 16.5. The summed E-state index contributed by atoms with van der Waals surface area (Å²) >= 11 is 0. The number of rotatable bonds is 4. The number of hydrogen-bond acceptors (Lipinski definition) is 3. The quantitative estimate of drug-likeness (QED) is 0.759. The maximum atomic E-state index is 5.31. The summed E-state index contributed by atoms with van der Waals surface area (Å²) in [7, 11) is 4.08. The summed E-state index contributed by atoms with van der Waals surface area (Å²) in [6.07, 6.45) is 7.08. The molecule has 1 heterocycles. The normalized spacial score (nSPS) is 36.6. The number of hydrogen-bond donors (Lipinski definition) is 1. The summed E-state index contributed by atoms with van der Waals surface area (Å²) in [5.41, 5.74) is 0. The Morgan fingerprint density at radius 2 is 2.13 bits per heavy atom. The van der Waals surface area contributed by atoms with E-state index in [4.69, 9.17) is 4.74 Å². The highest BCUT2D eigenvalue weighted by molar-refractivity contribution is 4.88. The first-order valence-corrected chi connectivity index (χ1v) is 6.26. The number of piperidine rings is 1. The molecule has 1 N–H and O–H groups in total. The van der Waals surface area contributed by atoms with Crippen molar-refractivity contribution in [1.82, 2.24) is 10.2 Å². The van der Waals surface area contributed by atoms with E-state index in [1.54, 1.807) is 0 Å². The van der Waals surface area contributed by atoms with Gasteiger partial charge in [-0.1, -0.05) is 6.42 Å². The van der Waals surface area contributed by atoms with E-state index in [1.807, 2.05) is 7.11 Å². The molecular formula is C12H24N2O. The van der Waals surface area contributed by atoms with Gasteiger partial charge in [-0.05, 0) is 39.3 Å². The number of nitrogens with one attached hydrogen (secondary N) is 1. The van der Waals surface area contributed by atoms with Crippen LogP contribution in [0, 0.1) is 0 Å².